The summed E-state index contributed by atoms with van der Waals surface area (Å²) in [6.45, 7) is 13.1. The van der Waals surface area contributed by atoms with E-state index in [2.05, 4.69) is 37.5 Å². The quantitative estimate of drug-likeness (QED) is 0.0929. The molecule has 0 spiro atoms. The molecule has 0 aromatic rings. The van der Waals surface area contributed by atoms with Crippen LogP contribution >= 0.6 is 24.4 Å². The summed E-state index contributed by atoms with van der Waals surface area (Å²) in [5.74, 6) is 0. The average molecular weight is 521 g/mol. The van der Waals surface area contributed by atoms with Gasteiger partial charge in [-0.1, -0.05) is 87.7 Å². The zero-order valence-electron chi connectivity index (χ0n) is 19.2. The summed E-state index contributed by atoms with van der Waals surface area (Å²) < 4.78 is 1.30. The minimum absolute atomic E-state index is 0. The fourth-order valence-electron chi connectivity index (χ4n) is 2.80. The second-order valence-corrected chi connectivity index (χ2v) is 9.40. The molecule has 0 rings (SSSR count). The van der Waals surface area contributed by atoms with E-state index < -0.39 is 0 Å². The molecule has 0 fully saturated rings. The molecule has 174 valence electrons. The van der Waals surface area contributed by atoms with Gasteiger partial charge in [-0.05, 0) is 25.7 Å². The van der Waals surface area contributed by atoms with Crippen LogP contribution in [0.4, 0.5) is 0 Å². The van der Waals surface area contributed by atoms with Gasteiger partial charge in [0.15, 0.2) is 0 Å². The van der Waals surface area contributed by atoms with Gasteiger partial charge in [-0.2, -0.15) is 0 Å². The van der Waals surface area contributed by atoms with Crippen LogP contribution in [0.15, 0.2) is 0 Å². The molecule has 7 heteroatoms. The maximum atomic E-state index is 5.06. The molecule has 0 aliphatic heterocycles. The van der Waals surface area contributed by atoms with Gasteiger partial charge in [0.1, 0.15) is 0 Å². The molecule has 0 aliphatic rings. The normalized spacial score (nSPS) is 9.79. The van der Waals surface area contributed by atoms with Gasteiger partial charge in [-0.15, -0.1) is 0 Å². The van der Waals surface area contributed by atoms with Gasteiger partial charge in [0.05, 0.1) is 0 Å². The van der Waals surface area contributed by atoms with Crippen molar-refractivity contribution < 1.29 is 17.1 Å². The molecule has 0 N–H and O–H groups in total. The number of unbranched alkanes of at least 4 members (excludes halogenated alkanes) is 8. The first-order valence-electron chi connectivity index (χ1n) is 11.4. The van der Waals surface area contributed by atoms with Gasteiger partial charge in [0, 0.05) is 26.2 Å². The Kier molecular flexibility index (Phi) is 31.7. The molecule has 0 saturated carbocycles. The SMILES string of the molecule is CCCCCN(CCCCC)C(=S)[S-].CCCCCN(CCCCC)C(=S)[S-].[Fe+2]. The molecule has 0 atom stereocenters. The number of hydrogen-bond donors (Lipinski definition) is 0. The molecule has 0 aliphatic carbocycles. The zero-order valence-corrected chi connectivity index (χ0v) is 23.6. The second-order valence-electron chi connectivity index (χ2n) is 7.33. The zero-order chi connectivity index (χ0) is 21.6. The smallest absolute Gasteiger partial charge is 0.411 e. The van der Waals surface area contributed by atoms with Crippen molar-refractivity contribution in [3.05, 3.63) is 0 Å². The van der Waals surface area contributed by atoms with E-state index in [0.717, 1.165) is 26.2 Å². The van der Waals surface area contributed by atoms with Gasteiger partial charge in [-0.3, -0.25) is 0 Å². The number of rotatable bonds is 16. The van der Waals surface area contributed by atoms with Crippen molar-refractivity contribution in [2.24, 2.45) is 0 Å². The van der Waals surface area contributed by atoms with E-state index in [4.69, 9.17) is 49.7 Å². The van der Waals surface area contributed by atoms with E-state index in [0.29, 0.717) is 8.64 Å². The predicted octanol–water partition coefficient (Wildman–Crippen LogP) is 7.00. The third-order valence-electron chi connectivity index (χ3n) is 4.64. The number of hydrogen-bond acceptors (Lipinski definition) is 4. The fraction of sp³-hybridized carbons (Fsp3) is 0.909. The molecule has 0 aromatic heterocycles. The van der Waals surface area contributed by atoms with Crippen LogP contribution in [0.1, 0.15) is 105 Å². The summed E-state index contributed by atoms with van der Waals surface area (Å²) in [4.78, 5) is 4.35. The van der Waals surface area contributed by atoms with Crippen LogP contribution in [0.2, 0.25) is 0 Å². The van der Waals surface area contributed by atoms with Gasteiger partial charge in [0.2, 0.25) is 0 Å². The minimum Gasteiger partial charge on any atom is -0.411 e. The Morgan fingerprint density at radius 3 is 0.862 bits per heavy atom. The van der Waals surface area contributed by atoms with E-state index in [1.165, 1.54) is 77.0 Å². The molecule has 0 aromatic carbocycles. The molecule has 0 radical (unpaired) electrons. The van der Waals surface area contributed by atoms with Crippen molar-refractivity contribution in [1.29, 1.82) is 0 Å². The third-order valence-corrected chi connectivity index (χ3v) is 5.68. The van der Waals surface area contributed by atoms with Crippen LogP contribution < -0.4 is 0 Å². The summed E-state index contributed by atoms with van der Waals surface area (Å²) >= 11 is 20.2. The Morgan fingerprint density at radius 1 is 0.517 bits per heavy atom. The van der Waals surface area contributed by atoms with Crippen LogP contribution in [0.25, 0.3) is 0 Å². The largest absolute Gasteiger partial charge is 2.00 e. The minimum atomic E-state index is 0. The van der Waals surface area contributed by atoms with Crippen molar-refractivity contribution in [1.82, 2.24) is 9.80 Å². The molecule has 0 heterocycles. The van der Waals surface area contributed by atoms with E-state index in [1.54, 1.807) is 0 Å². The summed E-state index contributed by atoms with van der Waals surface area (Å²) in [5, 5.41) is 0. The van der Waals surface area contributed by atoms with E-state index in [1.807, 2.05) is 0 Å². The van der Waals surface area contributed by atoms with Crippen molar-refractivity contribution in [3.63, 3.8) is 0 Å². The van der Waals surface area contributed by atoms with Crippen molar-refractivity contribution >= 4 is 58.3 Å². The van der Waals surface area contributed by atoms with Gasteiger partial charge in [-0.25, -0.2) is 0 Å². The Labute approximate surface area is 215 Å². The Bertz CT molecular complexity index is 317. The number of thiocarbonyl (C=S) groups is 2. The summed E-state index contributed by atoms with van der Waals surface area (Å²) in [7, 11) is 0. The summed E-state index contributed by atoms with van der Waals surface area (Å²) in [6, 6.07) is 0. The molecular formula is C22H44FeN2S4. The average Bonchev–Trinajstić information content (AvgIpc) is 2.66. The van der Waals surface area contributed by atoms with Crippen molar-refractivity contribution in [2.75, 3.05) is 26.2 Å². The molecule has 0 amide bonds. The van der Waals surface area contributed by atoms with E-state index in [-0.39, 0.29) is 17.1 Å². The van der Waals surface area contributed by atoms with Gasteiger partial charge < -0.3 is 59.5 Å². The standard InChI is InChI=1S/2C11H23NS2.Fe/c2*1-3-5-7-9-12(11(13)14)10-8-6-4-2;/h2*3-10H2,1-2H3,(H,13,14);/q;;+2/p-2. The number of nitrogens with zero attached hydrogens (tertiary/aromatic N) is 2. The maximum Gasteiger partial charge on any atom is 2.00 e. The fourth-order valence-corrected chi connectivity index (χ4v) is 3.53. The summed E-state index contributed by atoms with van der Waals surface area (Å²) in [5.41, 5.74) is 0. The monoisotopic (exact) mass is 520 g/mol. The van der Waals surface area contributed by atoms with Crippen LogP contribution in [0, 0.1) is 0 Å². The molecule has 2 nitrogen and oxygen atoms in total. The maximum absolute atomic E-state index is 5.06. The molecular weight excluding hydrogens is 476 g/mol. The van der Waals surface area contributed by atoms with E-state index in [9.17, 15) is 0 Å². The first kappa shape index (κ1) is 34.4. The summed E-state index contributed by atoms with van der Waals surface area (Å²) in [6.07, 6.45) is 15.0. The van der Waals surface area contributed by atoms with Crippen molar-refractivity contribution in [3.8, 4) is 0 Å². The Balaban J connectivity index is -0.000000451. The Morgan fingerprint density at radius 2 is 0.724 bits per heavy atom. The molecule has 0 saturated heterocycles. The first-order chi connectivity index (χ1) is 13.4. The van der Waals surface area contributed by atoms with Crippen LogP contribution in [0.5, 0.6) is 0 Å². The molecule has 29 heavy (non-hydrogen) atoms. The van der Waals surface area contributed by atoms with Gasteiger partial charge in [0.25, 0.3) is 0 Å². The van der Waals surface area contributed by atoms with Crippen molar-refractivity contribution in [2.45, 2.75) is 105 Å². The van der Waals surface area contributed by atoms with Crippen LogP contribution in [-0.2, 0) is 42.3 Å². The first-order valence-corrected chi connectivity index (χ1v) is 13.0. The topological polar surface area (TPSA) is 6.48 Å². The predicted molar refractivity (Wildman–Crippen MR) is 141 cm³/mol. The van der Waals surface area contributed by atoms with Crippen LogP contribution in [0.3, 0.4) is 0 Å². The molecule has 0 unspecified atom stereocenters. The second kappa shape index (κ2) is 26.8. The molecule has 0 bridgehead atoms. The van der Waals surface area contributed by atoms with Gasteiger partial charge >= 0.3 is 17.1 Å². The van der Waals surface area contributed by atoms with E-state index >= 15 is 0 Å². The van der Waals surface area contributed by atoms with Crippen LogP contribution in [-0.4, -0.2) is 44.6 Å². The third kappa shape index (κ3) is 24.9. The Hall–Kier alpha value is 0.739.